The zero-order valence-electron chi connectivity index (χ0n) is 29.9. The van der Waals surface area contributed by atoms with Crippen LogP contribution in [-0.2, 0) is 29.1 Å². The highest BCUT2D eigenvalue weighted by molar-refractivity contribution is 7.91. The molecular formula is C36H45ClN6O8S2. The molecular weight excluding hydrogens is 744 g/mol. The van der Waals surface area contributed by atoms with Gasteiger partial charge in [0, 0.05) is 34.5 Å². The van der Waals surface area contributed by atoms with Crippen molar-refractivity contribution in [3.05, 3.63) is 52.5 Å². The molecule has 1 aromatic heterocycles. The maximum absolute atomic E-state index is 14.3. The molecule has 1 aromatic carbocycles. The molecule has 2 aliphatic heterocycles. The number of halogens is 1. The van der Waals surface area contributed by atoms with Crippen molar-refractivity contribution in [1.29, 1.82) is 0 Å². The molecule has 4 N–H and O–H groups in total. The summed E-state index contributed by atoms with van der Waals surface area (Å²) in [5.74, 6) is -2.98. The molecule has 0 spiro atoms. The summed E-state index contributed by atoms with van der Waals surface area (Å²) in [5.41, 5.74) is -1.41. The molecule has 3 fully saturated rings. The van der Waals surface area contributed by atoms with Gasteiger partial charge < -0.3 is 25.6 Å². The van der Waals surface area contributed by atoms with E-state index in [9.17, 15) is 32.4 Å². The molecule has 1 saturated heterocycles. The van der Waals surface area contributed by atoms with Gasteiger partial charge in [-0.3, -0.25) is 23.9 Å². The van der Waals surface area contributed by atoms with Gasteiger partial charge in [-0.2, -0.15) is 0 Å². The number of hydrogen-bond acceptors (Lipinski definition) is 10. The van der Waals surface area contributed by atoms with E-state index >= 15 is 0 Å². The van der Waals surface area contributed by atoms with Gasteiger partial charge in [-0.05, 0) is 77.8 Å². The lowest BCUT2D eigenvalue weighted by Gasteiger charge is -2.30. The summed E-state index contributed by atoms with van der Waals surface area (Å²) in [6.45, 7) is 5.06. The highest BCUT2D eigenvalue weighted by Gasteiger charge is 2.62. The number of allylic oxidation sites excluding steroid dienone is 1. The van der Waals surface area contributed by atoms with Crippen molar-refractivity contribution in [2.75, 3.05) is 6.54 Å². The van der Waals surface area contributed by atoms with Gasteiger partial charge in [-0.1, -0.05) is 48.7 Å². The van der Waals surface area contributed by atoms with Gasteiger partial charge in [0.2, 0.25) is 21.8 Å². The van der Waals surface area contributed by atoms with Crippen LogP contribution in [0.4, 0.5) is 4.79 Å². The maximum Gasteiger partial charge on any atom is 0.408 e. The number of amides is 5. The third-order valence-corrected chi connectivity index (χ3v) is 12.7. The molecule has 14 nitrogen and oxygen atoms in total. The van der Waals surface area contributed by atoms with E-state index in [4.69, 9.17) is 16.3 Å². The number of ether oxygens (including phenoxy) is 1. The molecule has 0 bridgehead atoms. The first-order valence-electron chi connectivity index (χ1n) is 17.9. The van der Waals surface area contributed by atoms with Crippen LogP contribution in [-0.4, -0.2) is 89.1 Å². The Labute approximate surface area is 317 Å². The summed E-state index contributed by atoms with van der Waals surface area (Å²) in [6.07, 6.45) is 7.14. The summed E-state index contributed by atoms with van der Waals surface area (Å²) in [4.78, 5) is 74.4. The Morgan fingerprint density at radius 1 is 1.06 bits per heavy atom. The van der Waals surface area contributed by atoms with Crippen molar-refractivity contribution in [3.63, 3.8) is 0 Å². The second-order valence-electron chi connectivity index (χ2n) is 15.2. The van der Waals surface area contributed by atoms with Crippen molar-refractivity contribution in [2.45, 2.75) is 113 Å². The lowest BCUT2D eigenvalue weighted by molar-refractivity contribution is -0.141. The Kier molecular flexibility index (Phi) is 11.2. The SMILES string of the molecule is CC(C)(C)OC(=O)N[C@H]1CCCCCC=C[C@@H]2C[C@@]2(C(=O)NS(=O)(=O)C2CC2)NC(=O)[C@@H]2C[C@@H](NC(=O)c3csc(-c4ccc(Cl)cc4)n3)CN2C1=O. The first-order valence-corrected chi connectivity index (χ1v) is 20.7. The third kappa shape index (κ3) is 9.38. The first-order chi connectivity index (χ1) is 25.0. The quantitative estimate of drug-likeness (QED) is 0.300. The Morgan fingerprint density at radius 2 is 1.79 bits per heavy atom. The highest BCUT2D eigenvalue weighted by Crippen LogP contribution is 2.46. The van der Waals surface area contributed by atoms with Crippen LogP contribution < -0.4 is 20.7 Å². The summed E-state index contributed by atoms with van der Waals surface area (Å²) in [6, 6.07) is 4.16. The molecule has 17 heteroatoms. The van der Waals surface area contributed by atoms with Crippen molar-refractivity contribution in [3.8, 4) is 10.6 Å². The van der Waals surface area contributed by atoms with Gasteiger partial charge in [0.1, 0.15) is 33.9 Å². The van der Waals surface area contributed by atoms with Gasteiger partial charge in [-0.25, -0.2) is 18.2 Å². The number of rotatable bonds is 7. The van der Waals surface area contributed by atoms with Gasteiger partial charge in [0.05, 0.1) is 5.25 Å². The van der Waals surface area contributed by atoms with E-state index < -0.39 is 80.2 Å². The van der Waals surface area contributed by atoms with Crippen molar-refractivity contribution in [2.24, 2.45) is 5.92 Å². The average molecular weight is 789 g/mol. The topological polar surface area (TPSA) is 193 Å². The molecule has 2 aromatic rings. The second-order valence-corrected chi connectivity index (χ2v) is 18.4. The van der Waals surface area contributed by atoms with E-state index in [1.54, 1.807) is 50.4 Å². The van der Waals surface area contributed by atoms with E-state index in [0.717, 1.165) is 18.4 Å². The number of benzene rings is 1. The predicted molar refractivity (Wildman–Crippen MR) is 198 cm³/mol. The number of thiazole rings is 1. The number of carbonyl (C=O) groups is 5. The van der Waals surface area contributed by atoms with E-state index in [1.165, 1.54) is 16.2 Å². The lowest BCUT2D eigenvalue weighted by Crippen LogP contribution is -2.58. The number of sulfonamides is 1. The average Bonchev–Trinajstić information content (AvgIpc) is 3.96. The van der Waals surface area contributed by atoms with Gasteiger partial charge >= 0.3 is 6.09 Å². The standard InChI is InChI=1S/C36H45ClN6O8S2/c1-35(2,3)51-34(48)40-26-10-8-6-4-5-7-9-22-18-36(22,33(47)42-53(49,50)25-15-16-25)41-30(45)28-17-24(19-43(28)32(26)46)38-29(44)27-20-52-31(39-27)21-11-13-23(37)14-12-21/h7,9,11-14,20,22,24-26,28H,4-6,8,10,15-19H2,1-3H3,(H,38,44)(H,40,48)(H,41,45)(H,42,47)/t22-,24-,26+,28+,36-/m1/s1. The molecule has 3 heterocycles. The molecule has 286 valence electrons. The fourth-order valence-electron chi connectivity index (χ4n) is 6.72. The van der Waals surface area contributed by atoms with E-state index in [1.807, 2.05) is 12.2 Å². The van der Waals surface area contributed by atoms with Gasteiger partial charge in [-0.15, -0.1) is 11.3 Å². The van der Waals surface area contributed by atoms with Crippen LogP contribution in [0.3, 0.4) is 0 Å². The smallest absolute Gasteiger partial charge is 0.408 e. The summed E-state index contributed by atoms with van der Waals surface area (Å²) in [7, 11) is -3.91. The number of alkyl carbamates (subject to hydrolysis) is 1. The molecule has 0 radical (unpaired) electrons. The van der Waals surface area contributed by atoms with Crippen LogP contribution in [0.1, 0.15) is 89.0 Å². The third-order valence-electron chi connectivity index (χ3n) is 9.74. The molecule has 2 saturated carbocycles. The predicted octanol–water partition coefficient (Wildman–Crippen LogP) is 4.06. The lowest BCUT2D eigenvalue weighted by atomic mass is 10.0. The molecule has 4 aliphatic rings. The minimum atomic E-state index is -3.91. The van der Waals surface area contributed by atoms with Crippen molar-refractivity contribution < 1.29 is 37.1 Å². The maximum atomic E-state index is 14.3. The van der Waals surface area contributed by atoms with Crippen LogP contribution in [0.5, 0.6) is 0 Å². The highest BCUT2D eigenvalue weighted by atomic mass is 35.5. The Bertz CT molecular complexity index is 1890. The van der Waals surface area contributed by atoms with Crippen LogP contribution in [0, 0.1) is 5.92 Å². The fourth-order valence-corrected chi connectivity index (χ4v) is 9.01. The van der Waals surface area contributed by atoms with E-state index in [-0.39, 0.29) is 31.5 Å². The number of nitrogens with one attached hydrogen (secondary N) is 4. The number of hydrogen-bond donors (Lipinski definition) is 4. The van der Waals surface area contributed by atoms with Crippen LogP contribution in [0.2, 0.25) is 5.02 Å². The molecule has 53 heavy (non-hydrogen) atoms. The minimum Gasteiger partial charge on any atom is -0.444 e. The number of aromatic nitrogens is 1. The fraction of sp³-hybridized carbons (Fsp3) is 0.556. The molecule has 2 aliphatic carbocycles. The Morgan fingerprint density at radius 3 is 2.49 bits per heavy atom. The van der Waals surface area contributed by atoms with Gasteiger partial charge in [0.25, 0.3) is 11.8 Å². The largest absolute Gasteiger partial charge is 0.444 e. The zero-order chi connectivity index (χ0) is 38.1. The molecule has 5 atom stereocenters. The Balaban J connectivity index is 1.26. The van der Waals surface area contributed by atoms with Crippen LogP contribution in [0.15, 0.2) is 41.8 Å². The second kappa shape index (κ2) is 15.4. The number of carbonyl (C=O) groups excluding carboxylic acids is 5. The van der Waals surface area contributed by atoms with Crippen molar-refractivity contribution in [1.82, 2.24) is 30.6 Å². The summed E-state index contributed by atoms with van der Waals surface area (Å²) >= 11 is 7.30. The van der Waals surface area contributed by atoms with Crippen LogP contribution >= 0.6 is 22.9 Å². The molecule has 0 unspecified atom stereocenters. The zero-order valence-corrected chi connectivity index (χ0v) is 32.2. The normalized spacial score (nSPS) is 26.6. The van der Waals surface area contributed by atoms with E-state index in [0.29, 0.717) is 35.7 Å². The minimum absolute atomic E-state index is 0.00473. The van der Waals surface area contributed by atoms with Gasteiger partial charge in [0.15, 0.2) is 0 Å². The number of nitrogens with zero attached hydrogens (tertiary/aromatic N) is 2. The first kappa shape index (κ1) is 38.7. The van der Waals surface area contributed by atoms with E-state index in [2.05, 4.69) is 25.7 Å². The Hall–Kier alpha value is -4.02. The van der Waals surface area contributed by atoms with Crippen LogP contribution in [0.25, 0.3) is 10.6 Å². The van der Waals surface area contributed by atoms with Crippen molar-refractivity contribution >= 4 is 62.7 Å². The number of fused-ring (bicyclic) bond motifs is 2. The molecule has 6 rings (SSSR count). The summed E-state index contributed by atoms with van der Waals surface area (Å²) < 4.78 is 33.2. The molecule has 5 amide bonds. The summed E-state index contributed by atoms with van der Waals surface area (Å²) in [5, 5.41) is 10.6. The monoisotopic (exact) mass is 788 g/mol.